The number of hydrazine groups is 1. The first kappa shape index (κ1) is 16.4. The zero-order valence-electron chi connectivity index (χ0n) is 12.3. The van der Waals surface area contributed by atoms with E-state index in [9.17, 15) is 14.0 Å². The molecule has 0 unspecified atom stereocenters. The van der Waals surface area contributed by atoms with Crippen LogP contribution in [0.25, 0.3) is 0 Å². The zero-order valence-corrected chi connectivity index (χ0v) is 12.3. The number of hydrogen-bond acceptors (Lipinski definition) is 4. The molecule has 1 aromatic rings. The highest BCUT2D eigenvalue weighted by molar-refractivity contribution is 5.95. The van der Waals surface area contributed by atoms with Crippen LogP contribution in [0.4, 0.5) is 4.39 Å². The topological polar surface area (TPSA) is 76.7 Å². The molecule has 1 heterocycles. The summed E-state index contributed by atoms with van der Waals surface area (Å²) in [4.78, 5) is 23.5. The first-order valence-corrected chi connectivity index (χ1v) is 7.15. The Morgan fingerprint density at radius 1 is 1.36 bits per heavy atom. The highest BCUT2D eigenvalue weighted by Gasteiger charge is 2.20. The van der Waals surface area contributed by atoms with Crippen LogP contribution >= 0.6 is 0 Å². The molecule has 0 aliphatic carbocycles. The predicted octanol–water partition coefficient (Wildman–Crippen LogP) is 1.17. The fraction of sp³-hybridized carbons (Fsp3) is 0.467. The monoisotopic (exact) mass is 310 g/mol. The minimum Gasteiger partial charge on any atom is -0.376 e. The van der Waals surface area contributed by atoms with E-state index in [0.29, 0.717) is 6.61 Å². The van der Waals surface area contributed by atoms with Gasteiger partial charge < -0.3 is 9.47 Å². The molecule has 1 saturated heterocycles. The summed E-state index contributed by atoms with van der Waals surface area (Å²) in [6, 6.07) is 5.00. The molecule has 1 aliphatic heterocycles. The smallest absolute Gasteiger partial charge is 0.269 e. The summed E-state index contributed by atoms with van der Waals surface area (Å²) in [6.07, 6.45) is 1.25. The Kier molecular flexibility index (Phi) is 5.85. The Labute approximate surface area is 127 Å². The summed E-state index contributed by atoms with van der Waals surface area (Å²) in [5.74, 6) is -1.43. The molecule has 2 atom stereocenters. The van der Waals surface area contributed by atoms with Crippen molar-refractivity contribution in [1.29, 1.82) is 0 Å². The second-order valence-corrected chi connectivity index (χ2v) is 5.06. The van der Waals surface area contributed by atoms with Crippen molar-refractivity contribution >= 4 is 11.8 Å². The number of benzene rings is 1. The maximum Gasteiger partial charge on any atom is 0.269 e. The number of carbonyl (C=O) groups is 2. The standard InChI is InChI=1S/C15H19FN2O4/c1-10(22-9-13-3-2-8-21-13)14(19)17-18-15(20)11-4-6-12(16)7-5-11/h4-7,10,13H,2-3,8-9H2,1H3,(H,17,19)(H,18,20)/t10-,13-/m0/s1. The number of ether oxygens (including phenoxy) is 2. The second-order valence-electron chi connectivity index (χ2n) is 5.06. The quantitative estimate of drug-likeness (QED) is 0.801. The highest BCUT2D eigenvalue weighted by Crippen LogP contribution is 2.12. The lowest BCUT2D eigenvalue weighted by Crippen LogP contribution is -2.46. The molecule has 2 amide bonds. The van der Waals surface area contributed by atoms with E-state index in [1.807, 2.05) is 0 Å². The Hall–Kier alpha value is -1.99. The van der Waals surface area contributed by atoms with Gasteiger partial charge >= 0.3 is 0 Å². The zero-order chi connectivity index (χ0) is 15.9. The molecule has 1 aromatic carbocycles. The molecule has 0 aromatic heterocycles. The lowest BCUT2D eigenvalue weighted by molar-refractivity contribution is -0.134. The molecule has 2 rings (SSSR count). The minimum atomic E-state index is -0.710. The van der Waals surface area contributed by atoms with Gasteiger partial charge in [-0.1, -0.05) is 0 Å². The van der Waals surface area contributed by atoms with Gasteiger partial charge in [0.05, 0.1) is 12.7 Å². The molecular formula is C15H19FN2O4. The third-order valence-electron chi connectivity index (χ3n) is 3.33. The first-order valence-electron chi connectivity index (χ1n) is 7.15. The largest absolute Gasteiger partial charge is 0.376 e. The van der Waals surface area contributed by atoms with Gasteiger partial charge in [0.2, 0.25) is 0 Å². The maximum atomic E-state index is 12.8. The van der Waals surface area contributed by atoms with E-state index in [0.717, 1.165) is 19.4 Å². The SMILES string of the molecule is C[C@H](OC[C@@H]1CCCO1)C(=O)NNC(=O)c1ccc(F)cc1. The fourth-order valence-electron chi connectivity index (χ4n) is 2.00. The Morgan fingerprint density at radius 3 is 2.73 bits per heavy atom. The molecule has 0 saturated carbocycles. The molecule has 0 bridgehead atoms. The molecule has 0 spiro atoms. The molecule has 2 N–H and O–H groups in total. The van der Waals surface area contributed by atoms with Crippen molar-refractivity contribution in [2.75, 3.05) is 13.2 Å². The van der Waals surface area contributed by atoms with Crippen LogP contribution in [0.3, 0.4) is 0 Å². The number of halogens is 1. The van der Waals surface area contributed by atoms with Crippen LogP contribution in [0.5, 0.6) is 0 Å². The van der Waals surface area contributed by atoms with E-state index in [-0.39, 0.29) is 11.7 Å². The summed E-state index contributed by atoms with van der Waals surface area (Å²) in [6.45, 7) is 2.66. The molecule has 6 nitrogen and oxygen atoms in total. The molecule has 7 heteroatoms. The first-order chi connectivity index (χ1) is 10.6. The van der Waals surface area contributed by atoms with Gasteiger partial charge in [-0.05, 0) is 44.0 Å². The van der Waals surface area contributed by atoms with Gasteiger partial charge in [-0.3, -0.25) is 20.4 Å². The van der Waals surface area contributed by atoms with E-state index < -0.39 is 23.7 Å². The van der Waals surface area contributed by atoms with Crippen molar-refractivity contribution in [2.45, 2.75) is 32.0 Å². The average Bonchev–Trinajstić information content (AvgIpc) is 3.04. The van der Waals surface area contributed by atoms with Gasteiger partial charge in [0.15, 0.2) is 0 Å². The number of hydrogen-bond donors (Lipinski definition) is 2. The lowest BCUT2D eigenvalue weighted by atomic mass is 10.2. The Morgan fingerprint density at radius 2 is 2.09 bits per heavy atom. The van der Waals surface area contributed by atoms with Crippen LogP contribution in [0.1, 0.15) is 30.1 Å². The maximum absolute atomic E-state index is 12.8. The molecular weight excluding hydrogens is 291 g/mol. The third-order valence-corrected chi connectivity index (χ3v) is 3.33. The lowest BCUT2D eigenvalue weighted by Gasteiger charge is -2.16. The van der Waals surface area contributed by atoms with E-state index in [1.54, 1.807) is 6.92 Å². The van der Waals surface area contributed by atoms with Crippen LogP contribution in [0, 0.1) is 5.82 Å². The second kappa shape index (κ2) is 7.86. The van der Waals surface area contributed by atoms with Gasteiger partial charge in [0.1, 0.15) is 11.9 Å². The van der Waals surface area contributed by atoms with E-state index in [1.165, 1.54) is 24.3 Å². The van der Waals surface area contributed by atoms with Crippen LogP contribution < -0.4 is 10.9 Å². The van der Waals surface area contributed by atoms with Crippen LogP contribution in [-0.2, 0) is 14.3 Å². The van der Waals surface area contributed by atoms with E-state index >= 15 is 0 Å². The fourth-order valence-corrected chi connectivity index (χ4v) is 2.00. The minimum absolute atomic E-state index is 0.0315. The van der Waals surface area contributed by atoms with Crippen molar-refractivity contribution in [2.24, 2.45) is 0 Å². The van der Waals surface area contributed by atoms with Crippen molar-refractivity contribution in [3.63, 3.8) is 0 Å². The summed E-state index contributed by atoms with van der Waals surface area (Å²) in [5, 5.41) is 0. The number of rotatable bonds is 5. The van der Waals surface area contributed by atoms with Gasteiger partial charge in [0.25, 0.3) is 11.8 Å². The molecule has 1 aliphatic rings. The number of amides is 2. The van der Waals surface area contributed by atoms with Crippen molar-refractivity contribution in [3.05, 3.63) is 35.6 Å². The van der Waals surface area contributed by atoms with Crippen molar-refractivity contribution in [3.8, 4) is 0 Å². The van der Waals surface area contributed by atoms with Crippen molar-refractivity contribution in [1.82, 2.24) is 10.9 Å². The van der Waals surface area contributed by atoms with Crippen LogP contribution in [-0.4, -0.2) is 37.2 Å². The normalized spacial score (nSPS) is 18.7. The summed E-state index contributed by atoms with van der Waals surface area (Å²) >= 11 is 0. The van der Waals surface area contributed by atoms with Crippen LogP contribution in [0.2, 0.25) is 0 Å². The molecule has 22 heavy (non-hydrogen) atoms. The van der Waals surface area contributed by atoms with Crippen molar-refractivity contribution < 1.29 is 23.5 Å². The summed E-state index contributed by atoms with van der Waals surface area (Å²) in [5.41, 5.74) is 4.77. The molecule has 1 fully saturated rings. The highest BCUT2D eigenvalue weighted by atomic mass is 19.1. The molecule has 0 radical (unpaired) electrons. The van der Waals surface area contributed by atoms with Crippen LogP contribution in [0.15, 0.2) is 24.3 Å². The Bertz CT molecular complexity index is 515. The van der Waals surface area contributed by atoms with Gasteiger partial charge in [0, 0.05) is 12.2 Å². The van der Waals surface area contributed by atoms with E-state index in [2.05, 4.69) is 10.9 Å². The number of carbonyl (C=O) groups excluding carboxylic acids is 2. The summed E-state index contributed by atoms with van der Waals surface area (Å²) < 4.78 is 23.5. The van der Waals surface area contributed by atoms with E-state index in [4.69, 9.17) is 9.47 Å². The third kappa shape index (κ3) is 4.78. The summed E-state index contributed by atoms with van der Waals surface area (Å²) in [7, 11) is 0. The molecule has 120 valence electrons. The van der Waals surface area contributed by atoms with Gasteiger partial charge in [-0.25, -0.2) is 4.39 Å². The van der Waals surface area contributed by atoms with Gasteiger partial charge in [-0.15, -0.1) is 0 Å². The number of nitrogens with one attached hydrogen (secondary N) is 2. The predicted molar refractivity (Wildman–Crippen MR) is 76.4 cm³/mol. The Balaban J connectivity index is 1.71. The van der Waals surface area contributed by atoms with Gasteiger partial charge in [-0.2, -0.15) is 0 Å². The average molecular weight is 310 g/mol.